The molecule has 2 aromatic carbocycles. The Morgan fingerprint density at radius 1 is 0.960 bits per heavy atom. The Bertz CT molecular complexity index is 938. The van der Waals surface area contributed by atoms with E-state index >= 15 is 0 Å². The third kappa shape index (κ3) is 3.57. The molecule has 0 aliphatic carbocycles. The van der Waals surface area contributed by atoms with Crippen LogP contribution in [0.25, 0.3) is 11.1 Å². The maximum Gasteiger partial charge on any atom is 0.137 e. The van der Waals surface area contributed by atoms with E-state index in [0.717, 1.165) is 18.2 Å². The maximum absolute atomic E-state index is 14.1. The monoisotopic (exact) mass is 382 g/mol. The Morgan fingerprint density at radius 3 is 2.40 bits per heavy atom. The lowest BCUT2D eigenvalue weighted by Crippen LogP contribution is -2.03. The Balaban J connectivity index is 2.14. The SMILES string of the molecule is Nc1cc(F)cc(F)c1Cc1ccnc(Cl)c1-c1ccc(F)cc1Cl. The Kier molecular flexibility index (Phi) is 4.88. The van der Waals surface area contributed by atoms with Crippen molar-refractivity contribution in [1.82, 2.24) is 4.98 Å². The van der Waals surface area contributed by atoms with Gasteiger partial charge in [0.25, 0.3) is 0 Å². The van der Waals surface area contributed by atoms with Crippen molar-refractivity contribution in [3.8, 4) is 11.1 Å². The van der Waals surface area contributed by atoms with Gasteiger partial charge in [0.05, 0.1) is 5.02 Å². The maximum atomic E-state index is 14.1. The second-order valence-corrected chi connectivity index (χ2v) is 6.16. The molecule has 3 aromatic rings. The molecular weight excluding hydrogens is 372 g/mol. The van der Waals surface area contributed by atoms with E-state index < -0.39 is 17.5 Å². The molecule has 0 aliphatic heterocycles. The number of benzene rings is 2. The second-order valence-electron chi connectivity index (χ2n) is 5.39. The van der Waals surface area contributed by atoms with Gasteiger partial charge < -0.3 is 5.73 Å². The number of rotatable bonds is 3. The van der Waals surface area contributed by atoms with Crippen molar-refractivity contribution in [2.24, 2.45) is 0 Å². The standard InChI is InChI=1S/C18H11Cl2F3N2/c19-14-6-10(21)1-2-12(14)17-9(3-4-25-18(17)20)5-13-15(23)7-11(22)8-16(13)24/h1-4,6-8H,5,24H2. The zero-order valence-corrected chi connectivity index (χ0v) is 14.2. The highest BCUT2D eigenvalue weighted by atomic mass is 35.5. The van der Waals surface area contributed by atoms with E-state index in [1.54, 1.807) is 6.07 Å². The molecule has 0 atom stereocenters. The number of aromatic nitrogens is 1. The predicted molar refractivity (Wildman–Crippen MR) is 93.2 cm³/mol. The molecule has 128 valence electrons. The molecular formula is C18H11Cl2F3N2. The van der Waals surface area contributed by atoms with Gasteiger partial charge in [0.1, 0.15) is 22.6 Å². The van der Waals surface area contributed by atoms with E-state index in [9.17, 15) is 13.2 Å². The first kappa shape index (κ1) is 17.6. The topological polar surface area (TPSA) is 38.9 Å². The summed E-state index contributed by atoms with van der Waals surface area (Å²) in [7, 11) is 0. The zero-order valence-electron chi connectivity index (χ0n) is 12.7. The van der Waals surface area contributed by atoms with Gasteiger partial charge in [-0.15, -0.1) is 0 Å². The third-order valence-electron chi connectivity index (χ3n) is 3.75. The minimum atomic E-state index is -0.762. The molecule has 0 saturated carbocycles. The first-order valence-electron chi connectivity index (χ1n) is 7.19. The second kappa shape index (κ2) is 6.94. The Hall–Kier alpha value is -2.24. The van der Waals surface area contributed by atoms with Crippen LogP contribution in [0, 0.1) is 17.5 Å². The van der Waals surface area contributed by atoms with Gasteiger partial charge in [-0.3, -0.25) is 0 Å². The molecule has 7 heteroatoms. The van der Waals surface area contributed by atoms with Crippen molar-refractivity contribution in [2.45, 2.75) is 6.42 Å². The summed E-state index contributed by atoms with van der Waals surface area (Å²) in [6.45, 7) is 0. The van der Waals surface area contributed by atoms with Gasteiger partial charge in [0.2, 0.25) is 0 Å². The zero-order chi connectivity index (χ0) is 18.1. The summed E-state index contributed by atoms with van der Waals surface area (Å²) in [4.78, 5) is 4.01. The van der Waals surface area contributed by atoms with E-state index in [-0.39, 0.29) is 27.8 Å². The molecule has 3 rings (SSSR count). The van der Waals surface area contributed by atoms with E-state index in [0.29, 0.717) is 16.7 Å². The van der Waals surface area contributed by atoms with Gasteiger partial charge in [-0.1, -0.05) is 23.2 Å². The molecule has 0 unspecified atom stereocenters. The smallest absolute Gasteiger partial charge is 0.137 e. The molecule has 2 N–H and O–H groups in total. The fourth-order valence-corrected chi connectivity index (χ4v) is 3.14. The van der Waals surface area contributed by atoms with Gasteiger partial charge in [-0.2, -0.15) is 0 Å². The molecule has 25 heavy (non-hydrogen) atoms. The number of nitrogens with zero attached hydrogens (tertiary/aromatic N) is 1. The van der Waals surface area contributed by atoms with E-state index in [2.05, 4.69) is 4.98 Å². The van der Waals surface area contributed by atoms with Crippen molar-refractivity contribution >= 4 is 28.9 Å². The number of pyridine rings is 1. The van der Waals surface area contributed by atoms with Crippen LogP contribution in [0.5, 0.6) is 0 Å². The molecule has 0 aliphatic rings. The number of hydrogen-bond donors (Lipinski definition) is 1. The van der Waals surface area contributed by atoms with Crippen molar-refractivity contribution < 1.29 is 13.2 Å². The first-order valence-corrected chi connectivity index (χ1v) is 7.94. The lowest BCUT2D eigenvalue weighted by Gasteiger charge is -2.14. The lowest BCUT2D eigenvalue weighted by atomic mass is 9.95. The summed E-state index contributed by atoms with van der Waals surface area (Å²) in [6, 6.07) is 7.29. The molecule has 1 aromatic heterocycles. The summed E-state index contributed by atoms with van der Waals surface area (Å²) in [5.74, 6) is -2.01. The number of halogens is 5. The summed E-state index contributed by atoms with van der Waals surface area (Å²) < 4.78 is 40.7. The van der Waals surface area contributed by atoms with Crippen LogP contribution in [0.3, 0.4) is 0 Å². The van der Waals surface area contributed by atoms with Gasteiger partial charge in [-0.05, 0) is 35.9 Å². The van der Waals surface area contributed by atoms with Crippen LogP contribution in [-0.2, 0) is 6.42 Å². The normalized spacial score (nSPS) is 10.9. The number of hydrogen-bond acceptors (Lipinski definition) is 2. The molecule has 0 radical (unpaired) electrons. The Labute approximate surface area is 152 Å². The van der Waals surface area contributed by atoms with Gasteiger partial charge >= 0.3 is 0 Å². The quantitative estimate of drug-likeness (QED) is 0.469. The van der Waals surface area contributed by atoms with E-state index in [1.165, 1.54) is 18.3 Å². The largest absolute Gasteiger partial charge is 0.398 e. The van der Waals surface area contributed by atoms with Crippen LogP contribution in [-0.4, -0.2) is 4.98 Å². The average molecular weight is 383 g/mol. The lowest BCUT2D eigenvalue weighted by molar-refractivity contribution is 0.576. The minimum absolute atomic E-state index is 0.0124. The molecule has 0 saturated heterocycles. The van der Waals surface area contributed by atoms with Crippen LogP contribution in [0.4, 0.5) is 18.9 Å². The highest BCUT2D eigenvalue weighted by Gasteiger charge is 2.17. The first-order chi connectivity index (χ1) is 11.9. The molecule has 0 spiro atoms. The van der Waals surface area contributed by atoms with E-state index in [1.807, 2.05) is 0 Å². The number of nitrogen functional groups attached to an aromatic ring is 1. The molecule has 1 heterocycles. The Morgan fingerprint density at radius 2 is 1.72 bits per heavy atom. The molecule has 0 fully saturated rings. The average Bonchev–Trinajstić information content (AvgIpc) is 2.52. The van der Waals surface area contributed by atoms with Crippen LogP contribution >= 0.6 is 23.2 Å². The van der Waals surface area contributed by atoms with Gasteiger partial charge in [0, 0.05) is 41.1 Å². The van der Waals surface area contributed by atoms with Crippen LogP contribution in [0.1, 0.15) is 11.1 Å². The predicted octanol–water partition coefficient (Wildman–Crippen LogP) is 5.65. The van der Waals surface area contributed by atoms with Crippen LogP contribution < -0.4 is 5.73 Å². The summed E-state index contributed by atoms with van der Waals surface area (Å²) >= 11 is 12.3. The van der Waals surface area contributed by atoms with Crippen molar-refractivity contribution in [2.75, 3.05) is 5.73 Å². The number of nitrogens with two attached hydrogens (primary N) is 1. The van der Waals surface area contributed by atoms with Crippen molar-refractivity contribution in [1.29, 1.82) is 0 Å². The fourth-order valence-electron chi connectivity index (χ4n) is 2.60. The van der Waals surface area contributed by atoms with Crippen LogP contribution in [0.15, 0.2) is 42.6 Å². The molecule has 0 amide bonds. The van der Waals surface area contributed by atoms with Gasteiger partial charge in [-0.25, -0.2) is 18.2 Å². The van der Waals surface area contributed by atoms with Crippen molar-refractivity contribution in [3.63, 3.8) is 0 Å². The summed E-state index contributed by atoms with van der Waals surface area (Å²) in [5.41, 5.74) is 7.33. The summed E-state index contributed by atoms with van der Waals surface area (Å²) in [6.07, 6.45) is 1.50. The fraction of sp³-hybridized carbons (Fsp3) is 0.0556. The van der Waals surface area contributed by atoms with E-state index in [4.69, 9.17) is 28.9 Å². The minimum Gasteiger partial charge on any atom is -0.398 e. The third-order valence-corrected chi connectivity index (χ3v) is 4.35. The van der Waals surface area contributed by atoms with Crippen molar-refractivity contribution in [3.05, 3.63) is 81.3 Å². The molecule has 0 bridgehead atoms. The van der Waals surface area contributed by atoms with Gasteiger partial charge in [0.15, 0.2) is 0 Å². The van der Waals surface area contributed by atoms with Crippen LogP contribution in [0.2, 0.25) is 10.2 Å². The molecule has 2 nitrogen and oxygen atoms in total. The highest BCUT2D eigenvalue weighted by Crippen LogP contribution is 2.37. The number of anilines is 1. The summed E-state index contributed by atoms with van der Waals surface area (Å²) in [5, 5.41) is 0.274. The highest BCUT2D eigenvalue weighted by molar-refractivity contribution is 6.36.